The number of aliphatic hydroxyl groups is 1. The number of para-hydroxylation sites is 2. The fourth-order valence-electron chi connectivity index (χ4n) is 3.25. The minimum atomic E-state index is -0.574. The van der Waals surface area contributed by atoms with Gasteiger partial charge in [-0.2, -0.15) is 0 Å². The molecule has 0 spiro atoms. The first-order chi connectivity index (χ1) is 12.1. The van der Waals surface area contributed by atoms with E-state index < -0.39 is 6.10 Å². The van der Waals surface area contributed by atoms with Gasteiger partial charge in [-0.1, -0.05) is 24.3 Å². The Morgan fingerprint density at radius 2 is 2.00 bits per heavy atom. The summed E-state index contributed by atoms with van der Waals surface area (Å²) in [6.45, 7) is 4.86. The van der Waals surface area contributed by atoms with Crippen LogP contribution in [0.2, 0.25) is 0 Å². The Bertz CT molecular complexity index is 896. The van der Waals surface area contributed by atoms with E-state index in [4.69, 9.17) is 9.72 Å². The van der Waals surface area contributed by atoms with Gasteiger partial charge in [0.25, 0.3) is 0 Å². The molecule has 130 valence electrons. The van der Waals surface area contributed by atoms with Gasteiger partial charge in [-0.25, -0.2) is 4.98 Å². The summed E-state index contributed by atoms with van der Waals surface area (Å²) in [4.78, 5) is 4.78. The van der Waals surface area contributed by atoms with Crippen molar-refractivity contribution in [2.24, 2.45) is 0 Å². The maximum absolute atomic E-state index is 10.6. The molecule has 0 bridgehead atoms. The van der Waals surface area contributed by atoms with E-state index in [0.29, 0.717) is 12.5 Å². The van der Waals surface area contributed by atoms with Crippen LogP contribution in [0.15, 0.2) is 42.5 Å². The number of hydrogen-bond acceptors (Lipinski definition) is 3. The molecule has 1 atom stereocenters. The van der Waals surface area contributed by atoms with E-state index >= 15 is 0 Å². The average molecular weight is 336 g/mol. The molecule has 0 radical (unpaired) electrons. The lowest BCUT2D eigenvalue weighted by atomic mass is 10.1. The van der Waals surface area contributed by atoms with Crippen molar-refractivity contribution in [2.45, 2.75) is 45.3 Å². The summed E-state index contributed by atoms with van der Waals surface area (Å²) in [5.74, 6) is 2.49. The van der Waals surface area contributed by atoms with E-state index in [2.05, 4.69) is 16.7 Å². The van der Waals surface area contributed by atoms with Crippen LogP contribution in [0.4, 0.5) is 0 Å². The molecule has 3 aromatic rings. The zero-order valence-corrected chi connectivity index (χ0v) is 14.8. The lowest BCUT2D eigenvalue weighted by Crippen LogP contribution is -2.24. The molecule has 0 unspecified atom stereocenters. The van der Waals surface area contributed by atoms with Gasteiger partial charge in [0.15, 0.2) is 0 Å². The van der Waals surface area contributed by atoms with Crippen molar-refractivity contribution < 1.29 is 9.84 Å². The summed E-state index contributed by atoms with van der Waals surface area (Å²) < 4.78 is 8.04. The van der Waals surface area contributed by atoms with Gasteiger partial charge in [0.2, 0.25) is 0 Å². The van der Waals surface area contributed by atoms with Crippen LogP contribution < -0.4 is 4.74 Å². The van der Waals surface area contributed by atoms with Crippen molar-refractivity contribution in [3.8, 4) is 5.75 Å². The fourth-order valence-corrected chi connectivity index (χ4v) is 3.25. The number of hydrogen-bond donors (Lipinski definition) is 1. The minimum absolute atomic E-state index is 0.279. The van der Waals surface area contributed by atoms with E-state index in [1.165, 1.54) is 12.8 Å². The number of benzene rings is 2. The van der Waals surface area contributed by atoms with Crippen molar-refractivity contribution in [3.63, 3.8) is 0 Å². The van der Waals surface area contributed by atoms with Gasteiger partial charge in [0, 0.05) is 5.92 Å². The third-order valence-corrected chi connectivity index (χ3v) is 4.79. The molecule has 4 rings (SSSR count). The molecular formula is C21H24N2O2. The van der Waals surface area contributed by atoms with Gasteiger partial charge in [0.1, 0.15) is 24.3 Å². The summed E-state index contributed by atoms with van der Waals surface area (Å²) in [6.07, 6.45) is 1.81. The molecule has 25 heavy (non-hydrogen) atoms. The maximum atomic E-state index is 10.6. The van der Waals surface area contributed by atoms with E-state index in [9.17, 15) is 5.11 Å². The zero-order chi connectivity index (χ0) is 17.4. The lowest BCUT2D eigenvalue weighted by Gasteiger charge is -2.17. The minimum Gasteiger partial charge on any atom is -0.491 e. The fraction of sp³-hybridized carbons (Fsp3) is 0.381. The number of imidazole rings is 1. The molecule has 1 aromatic heterocycles. The molecule has 0 amide bonds. The molecule has 0 saturated heterocycles. The number of aromatic nitrogens is 2. The van der Waals surface area contributed by atoms with Crippen LogP contribution in [0.25, 0.3) is 11.0 Å². The molecular weight excluding hydrogens is 312 g/mol. The second kappa shape index (κ2) is 6.52. The monoisotopic (exact) mass is 336 g/mol. The largest absolute Gasteiger partial charge is 0.491 e. The summed E-state index contributed by atoms with van der Waals surface area (Å²) in [5.41, 5.74) is 4.35. The van der Waals surface area contributed by atoms with Crippen LogP contribution in [0.1, 0.15) is 35.7 Å². The Kier molecular flexibility index (Phi) is 4.22. The average Bonchev–Trinajstić information content (AvgIpc) is 3.39. The zero-order valence-electron chi connectivity index (χ0n) is 14.8. The smallest absolute Gasteiger partial charge is 0.122 e. The molecule has 0 aliphatic heterocycles. The van der Waals surface area contributed by atoms with Crippen molar-refractivity contribution >= 4 is 11.0 Å². The number of rotatable bonds is 6. The first-order valence-electron chi connectivity index (χ1n) is 8.95. The third-order valence-electron chi connectivity index (χ3n) is 4.79. The van der Waals surface area contributed by atoms with Gasteiger partial charge in [-0.05, 0) is 56.0 Å². The van der Waals surface area contributed by atoms with E-state index in [1.54, 1.807) is 0 Å². The normalized spacial score (nSPS) is 15.5. The Balaban J connectivity index is 1.51. The van der Waals surface area contributed by atoms with E-state index in [-0.39, 0.29) is 6.61 Å². The Morgan fingerprint density at radius 3 is 2.80 bits per heavy atom. The number of ether oxygens (including phenoxy) is 1. The Hall–Kier alpha value is -2.33. The number of aryl methyl sites for hydroxylation is 2. The SMILES string of the molecule is Cc1ccc(C)c(OC[C@H](O)Cn2c(C3CC3)nc3ccccc32)c1. The standard InChI is InChI=1S/C21H24N2O2/c1-14-7-8-15(2)20(11-14)25-13-17(24)12-23-19-6-4-3-5-18(19)22-21(23)16-9-10-16/h3-8,11,16-17,24H,9-10,12-13H2,1-2H3/t17-/m1/s1. The predicted molar refractivity (Wildman–Crippen MR) is 99.1 cm³/mol. The number of aliphatic hydroxyl groups excluding tert-OH is 1. The first kappa shape index (κ1) is 16.2. The summed E-state index contributed by atoms with van der Waals surface area (Å²) >= 11 is 0. The topological polar surface area (TPSA) is 47.3 Å². The highest BCUT2D eigenvalue weighted by molar-refractivity contribution is 5.76. The highest BCUT2D eigenvalue weighted by Crippen LogP contribution is 2.40. The molecule has 4 nitrogen and oxygen atoms in total. The number of nitrogens with zero attached hydrogens (tertiary/aromatic N) is 2. The van der Waals surface area contributed by atoms with E-state index in [1.807, 2.05) is 44.2 Å². The summed E-state index contributed by atoms with van der Waals surface area (Å²) in [5, 5.41) is 10.6. The van der Waals surface area contributed by atoms with Gasteiger partial charge < -0.3 is 14.4 Å². The highest BCUT2D eigenvalue weighted by atomic mass is 16.5. The predicted octanol–water partition coefficient (Wildman–Crippen LogP) is 3.97. The molecule has 1 fully saturated rings. The molecule has 1 N–H and O–H groups in total. The Morgan fingerprint density at radius 1 is 1.20 bits per heavy atom. The molecule has 1 saturated carbocycles. The lowest BCUT2D eigenvalue weighted by molar-refractivity contribution is 0.0923. The van der Waals surface area contributed by atoms with Gasteiger partial charge >= 0.3 is 0 Å². The second-order valence-corrected chi connectivity index (χ2v) is 7.08. The maximum Gasteiger partial charge on any atom is 0.122 e. The molecule has 1 heterocycles. The molecule has 4 heteroatoms. The van der Waals surface area contributed by atoms with Crippen LogP contribution in [0.3, 0.4) is 0 Å². The van der Waals surface area contributed by atoms with Crippen LogP contribution in [0.5, 0.6) is 5.75 Å². The highest BCUT2D eigenvalue weighted by Gasteiger charge is 2.30. The quantitative estimate of drug-likeness (QED) is 0.741. The third kappa shape index (κ3) is 3.40. The second-order valence-electron chi connectivity index (χ2n) is 7.08. The Labute approximate surface area is 148 Å². The van der Waals surface area contributed by atoms with Crippen LogP contribution in [-0.4, -0.2) is 27.4 Å². The number of fused-ring (bicyclic) bond motifs is 1. The molecule has 1 aliphatic rings. The van der Waals surface area contributed by atoms with Crippen molar-refractivity contribution in [1.29, 1.82) is 0 Å². The van der Waals surface area contributed by atoms with Crippen LogP contribution in [0, 0.1) is 13.8 Å². The van der Waals surface area contributed by atoms with Crippen molar-refractivity contribution in [2.75, 3.05) is 6.61 Å². The first-order valence-corrected chi connectivity index (χ1v) is 8.95. The van der Waals surface area contributed by atoms with Crippen molar-refractivity contribution in [3.05, 3.63) is 59.4 Å². The molecule has 2 aromatic carbocycles. The van der Waals surface area contributed by atoms with Crippen LogP contribution in [-0.2, 0) is 6.54 Å². The van der Waals surface area contributed by atoms with Crippen molar-refractivity contribution in [1.82, 2.24) is 9.55 Å². The van der Waals surface area contributed by atoms with Gasteiger partial charge in [-0.15, -0.1) is 0 Å². The summed E-state index contributed by atoms with van der Waals surface area (Å²) in [7, 11) is 0. The van der Waals surface area contributed by atoms with E-state index in [0.717, 1.165) is 33.7 Å². The van der Waals surface area contributed by atoms with Crippen LogP contribution >= 0.6 is 0 Å². The van der Waals surface area contributed by atoms with Gasteiger partial charge in [-0.3, -0.25) is 0 Å². The summed E-state index contributed by atoms with van der Waals surface area (Å²) in [6, 6.07) is 14.3. The van der Waals surface area contributed by atoms with Gasteiger partial charge in [0.05, 0.1) is 17.6 Å². The molecule has 1 aliphatic carbocycles.